The third kappa shape index (κ3) is 4.52. The fourth-order valence-corrected chi connectivity index (χ4v) is 3.24. The number of hydrogen-bond donors (Lipinski definition) is 3. The van der Waals surface area contributed by atoms with Gasteiger partial charge in [0.1, 0.15) is 17.4 Å². The van der Waals surface area contributed by atoms with Gasteiger partial charge in [0.25, 0.3) is 0 Å². The molecule has 2 aromatic carbocycles. The Morgan fingerprint density at radius 2 is 1.70 bits per heavy atom. The first kappa shape index (κ1) is 19.3. The number of hydrogen-bond acceptors (Lipinski definition) is 4. The van der Waals surface area contributed by atoms with Gasteiger partial charge in [0.2, 0.25) is 0 Å². The van der Waals surface area contributed by atoms with Crippen LogP contribution in [0.15, 0.2) is 89.6 Å². The lowest BCUT2D eigenvalue weighted by molar-refractivity contribution is 0.597. The first-order valence-electron chi connectivity index (χ1n) is 9.76. The summed E-state index contributed by atoms with van der Waals surface area (Å²) in [6.07, 6.45) is 5.74. The minimum absolute atomic E-state index is 0.381. The number of nitrogens with one attached hydrogen (secondary N) is 3. The van der Waals surface area contributed by atoms with Crippen LogP contribution < -0.4 is 5.32 Å². The maximum absolute atomic E-state index is 8.36. The highest BCUT2D eigenvalue weighted by atomic mass is 16.3. The van der Waals surface area contributed by atoms with Gasteiger partial charge in [0.05, 0.1) is 0 Å². The smallest absolute Gasteiger partial charge is 0.134 e. The average molecular weight is 394 g/mol. The number of nitrogens with zero attached hydrogens (tertiary/aromatic N) is 1. The summed E-state index contributed by atoms with van der Waals surface area (Å²) in [5.74, 6) is 1.88. The SMILES string of the molecule is N=Cc1cccc(-c2ccc(-c3cccc(C(=N)NCCc4cccnc4)c3)o2)c1. The van der Waals surface area contributed by atoms with Gasteiger partial charge in [0, 0.05) is 41.8 Å². The zero-order valence-electron chi connectivity index (χ0n) is 16.4. The number of aromatic nitrogens is 1. The Bertz CT molecular complexity index is 1160. The Kier molecular flexibility index (Phi) is 5.80. The first-order chi connectivity index (χ1) is 14.7. The van der Waals surface area contributed by atoms with Crippen LogP contribution in [0.5, 0.6) is 0 Å². The van der Waals surface area contributed by atoms with Gasteiger partial charge in [0.15, 0.2) is 0 Å². The van der Waals surface area contributed by atoms with Crippen LogP contribution in [0.2, 0.25) is 0 Å². The molecule has 3 N–H and O–H groups in total. The monoisotopic (exact) mass is 394 g/mol. The first-order valence-corrected chi connectivity index (χ1v) is 9.76. The summed E-state index contributed by atoms with van der Waals surface area (Å²) < 4.78 is 6.06. The van der Waals surface area contributed by atoms with Crippen LogP contribution in [0.4, 0.5) is 0 Å². The summed E-state index contributed by atoms with van der Waals surface area (Å²) in [7, 11) is 0. The van der Waals surface area contributed by atoms with E-state index in [0.717, 1.165) is 45.8 Å². The Morgan fingerprint density at radius 1 is 0.933 bits per heavy atom. The second kappa shape index (κ2) is 9.01. The molecule has 0 saturated carbocycles. The molecule has 0 saturated heterocycles. The van der Waals surface area contributed by atoms with Crippen molar-refractivity contribution in [2.45, 2.75) is 6.42 Å². The number of furan rings is 1. The molecular weight excluding hydrogens is 372 g/mol. The Hall–Kier alpha value is -3.99. The molecule has 0 radical (unpaired) electrons. The zero-order chi connectivity index (χ0) is 20.8. The lowest BCUT2D eigenvalue weighted by atomic mass is 10.1. The molecule has 148 valence electrons. The van der Waals surface area contributed by atoms with Gasteiger partial charge in [-0.1, -0.05) is 42.5 Å². The van der Waals surface area contributed by atoms with Crippen molar-refractivity contribution in [1.82, 2.24) is 10.3 Å². The molecule has 0 unspecified atom stereocenters. The molecule has 0 bridgehead atoms. The minimum atomic E-state index is 0.381. The standard InChI is InChI=1S/C25H22N4O/c26-16-19-4-1-6-20(14-19)23-9-10-24(30-23)21-7-2-8-22(15-21)25(27)29-13-11-18-5-3-12-28-17-18/h1-10,12,14-17,26H,11,13H2,(H2,27,29). The second-order valence-electron chi connectivity index (χ2n) is 6.93. The molecule has 0 amide bonds. The molecule has 5 heteroatoms. The quantitative estimate of drug-likeness (QED) is 0.299. The topological polar surface area (TPSA) is 85.8 Å². The molecule has 0 aliphatic rings. The van der Waals surface area contributed by atoms with E-state index in [1.807, 2.05) is 79.0 Å². The van der Waals surface area contributed by atoms with Gasteiger partial charge in [-0.3, -0.25) is 10.4 Å². The van der Waals surface area contributed by atoms with Crippen LogP contribution in [0, 0.1) is 10.8 Å². The summed E-state index contributed by atoms with van der Waals surface area (Å²) in [5, 5.41) is 19.0. The van der Waals surface area contributed by atoms with Gasteiger partial charge >= 0.3 is 0 Å². The van der Waals surface area contributed by atoms with E-state index in [9.17, 15) is 0 Å². The van der Waals surface area contributed by atoms with Crippen molar-refractivity contribution in [3.8, 4) is 22.6 Å². The third-order valence-corrected chi connectivity index (χ3v) is 4.82. The maximum Gasteiger partial charge on any atom is 0.134 e. The lowest BCUT2D eigenvalue weighted by Crippen LogP contribution is -2.25. The van der Waals surface area contributed by atoms with Crippen molar-refractivity contribution < 1.29 is 4.42 Å². The van der Waals surface area contributed by atoms with E-state index >= 15 is 0 Å². The fraction of sp³-hybridized carbons (Fsp3) is 0.0800. The van der Waals surface area contributed by atoms with Crippen molar-refractivity contribution in [2.75, 3.05) is 6.54 Å². The maximum atomic E-state index is 8.36. The molecule has 2 heterocycles. The van der Waals surface area contributed by atoms with Crippen LogP contribution in [0.25, 0.3) is 22.6 Å². The van der Waals surface area contributed by atoms with Gasteiger partial charge in [-0.15, -0.1) is 0 Å². The van der Waals surface area contributed by atoms with Crippen molar-refractivity contribution in [1.29, 1.82) is 10.8 Å². The highest BCUT2D eigenvalue weighted by Crippen LogP contribution is 2.29. The van der Waals surface area contributed by atoms with Gasteiger partial charge < -0.3 is 15.1 Å². The largest absolute Gasteiger partial charge is 0.456 e. The van der Waals surface area contributed by atoms with Crippen LogP contribution in [-0.4, -0.2) is 23.6 Å². The van der Waals surface area contributed by atoms with E-state index in [0.29, 0.717) is 12.4 Å². The number of rotatable bonds is 7. The predicted molar refractivity (Wildman–Crippen MR) is 120 cm³/mol. The fourth-order valence-electron chi connectivity index (χ4n) is 3.24. The summed E-state index contributed by atoms with van der Waals surface area (Å²) in [4.78, 5) is 4.12. The van der Waals surface area contributed by atoms with Crippen LogP contribution in [0.1, 0.15) is 16.7 Å². The van der Waals surface area contributed by atoms with Gasteiger partial charge in [-0.25, -0.2) is 0 Å². The van der Waals surface area contributed by atoms with E-state index in [4.69, 9.17) is 15.2 Å². The summed E-state index contributed by atoms with van der Waals surface area (Å²) in [6.45, 7) is 0.670. The van der Waals surface area contributed by atoms with E-state index in [-0.39, 0.29) is 0 Å². The van der Waals surface area contributed by atoms with Crippen molar-refractivity contribution in [2.24, 2.45) is 0 Å². The third-order valence-electron chi connectivity index (χ3n) is 4.82. The normalized spacial score (nSPS) is 10.5. The molecule has 0 aliphatic heterocycles. The molecule has 0 spiro atoms. The summed E-state index contributed by atoms with van der Waals surface area (Å²) >= 11 is 0. The Balaban J connectivity index is 1.46. The molecule has 4 aromatic rings. The molecule has 0 aliphatic carbocycles. The molecular formula is C25H22N4O. The average Bonchev–Trinajstić information content (AvgIpc) is 3.30. The lowest BCUT2D eigenvalue weighted by Gasteiger charge is -2.09. The van der Waals surface area contributed by atoms with Crippen LogP contribution >= 0.6 is 0 Å². The molecule has 2 aromatic heterocycles. The van der Waals surface area contributed by atoms with Gasteiger partial charge in [-0.05, 0) is 47.9 Å². The Labute approximate surface area is 175 Å². The number of amidine groups is 1. The van der Waals surface area contributed by atoms with Crippen LogP contribution in [-0.2, 0) is 6.42 Å². The Morgan fingerprint density at radius 3 is 2.43 bits per heavy atom. The van der Waals surface area contributed by atoms with E-state index in [2.05, 4.69) is 10.3 Å². The number of pyridine rings is 1. The van der Waals surface area contributed by atoms with Gasteiger partial charge in [-0.2, -0.15) is 0 Å². The van der Waals surface area contributed by atoms with E-state index in [1.165, 1.54) is 6.21 Å². The summed E-state index contributed by atoms with van der Waals surface area (Å²) in [5.41, 5.74) is 4.63. The minimum Gasteiger partial charge on any atom is -0.456 e. The molecule has 4 rings (SSSR count). The molecule has 0 atom stereocenters. The number of benzene rings is 2. The summed E-state index contributed by atoms with van der Waals surface area (Å²) in [6, 6.07) is 23.3. The van der Waals surface area contributed by atoms with Crippen LogP contribution in [0.3, 0.4) is 0 Å². The van der Waals surface area contributed by atoms with Crippen molar-refractivity contribution >= 4 is 12.1 Å². The highest BCUT2D eigenvalue weighted by Gasteiger charge is 2.09. The highest BCUT2D eigenvalue weighted by molar-refractivity contribution is 5.97. The van der Waals surface area contributed by atoms with E-state index < -0.39 is 0 Å². The molecule has 30 heavy (non-hydrogen) atoms. The zero-order valence-corrected chi connectivity index (χ0v) is 16.4. The molecule has 0 fully saturated rings. The van der Waals surface area contributed by atoms with Crippen molar-refractivity contribution in [3.63, 3.8) is 0 Å². The molecule has 5 nitrogen and oxygen atoms in total. The van der Waals surface area contributed by atoms with E-state index in [1.54, 1.807) is 6.20 Å². The second-order valence-corrected chi connectivity index (χ2v) is 6.93. The van der Waals surface area contributed by atoms with Crippen molar-refractivity contribution in [3.05, 3.63) is 102 Å². The predicted octanol–water partition coefficient (Wildman–Crippen LogP) is 5.16.